The maximum Gasteiger partial charge on any atom is 0.335 e. The molecule has 0 spiro atoms. The number of aromatic carboxylic acids is 1. The van der Waals surface area contributed by atoms with Crippen molar-refractivity contribution in [2.45, 2.75) is 6.42 Å². The van der Waals surface area contributed by atoms with E-state index in [1.165, 1.54) is 0 Å². The summed E-state index contributed by atoms with van der Waals surface area (Å²) in [6, 6.07) is 16.6. The van der Waals surface area contributed by atoms with Gasteiger partial charge in [0.1, 0.15) is 5.75 Å². The molecule has 0 aliphatic heterocycles. The van der Waals surface area contributed by atoms with Crippen molar-refractivity contribution >= 4 is 5.97 Å². The van der Waals surface area contributed by atoms with Gasteiger partial charge in [-0.2, -0.15) is 0 Å². The van der Waals surface area contributed by atoms with Gasteiger partial charge in [0.05, 0.1) is 25.0 Å². The van der Waals surface area contributed by atoms with Crippen LogP contribution in [0.3, 0.4) is 0 Å². The highest BCUT2D eigenvalue weighted by atomic mass is 16.5. The van der Waals surface area contributed by atoms with E-state index in [4.69, 9.17) is 14.6 Å². The number of pyridine rings is 1. The van der Waals surface area contributed by atoms with Gasteiger partial charge in [0.15, 0.2) is 0 Å². The van der Waals surface area contributed by atoms with Crippen LogP contribution in [0.2, 0.25) is 0 Å². The molecule has 1 aromatic heterocycles. The van der Waals surface area contributed by atoms with Crippen molar-refractivity contribution in [2.24, 2.45) is 0 Å². The third-order valence-electron chi connectivity index (χ3n) is 4.35. The Morgan fingerprint density at radius 1 is 1.00 bits per heavy atom. The normalized spacial score (nSPS) is 10.6. The lowest BCUT2D eigenvalue weighted by atomic mass is 9.96. The second kappa shape index (κ2) is 8.47. The molecule has 0 aliphatic rings. The number of hydrogen-bond donors (Lipinski definition) is 1. The van der Waals surface area contributed by atoms with Gasteiger partial charge >= 0.3 is 5.97 Å². The number of hydrogen-bond acceptors (Lipinski definition) is 4. The molecule has 0 amide bonds. The fourth-order valence-corrected chi connectivity index (χ4v) is 2.86. The van der Waals surface area contributed by atoms with Crippen LogP contribution in [0.1, 0.15) is 15.9 Å². The Bertz CT molecular complexity index is 918. The van der Waals surface area contributed by atoms with E-state index in [0.717, 1.165) is 40.1 Å². The molecule has 0 bridgehead atoms. The van der Waals surface area contributed by atoms with Gasteiger partial charge < -0.3 is 14.6 Å². The Labute approximate surface area is 158 Å². The predicted octanol–water partition coefficient (Wildman–Crippen LogP) is 4.31. The molecule has 5 nitrogen and oxygen atoms in total. The number of carbonyl (C=O) groups is 1. The summed E-state index contributed by atoms with van der Waals surface area (Å²) >= 11 is 0. The van der Waals surface area contributed by atoms with Gasteiger partial charge in [-0.15, -0.1) is 0 Å². The van der Waals surface area contributed by atoms with Crippen molar-refractivity contribution in [3.05, 3.63) is 71.9 Å². The fraction of sp³-hybridized carbons (Fsp3) is 0.182. The minimum atomic E-state index is -0.941. The Morgan fingerprint density at radius 3 is 2.26 bits per heavy atom. The van der Waals surface area contributed by atoms with Crippen molar-refractivity contribution in [2.75, 3.05) is 20.8 Å². The first-order valence-corrected chi connectivity index (χ1v) is 8.58. The van der Waals surface area contributed by atoms with Crippen LogP contribution < -0.4 is 4.74 Å². The Balaban J connectivity index is 2.07. The molecule has 138 valence electrons. The summed E-state index contributed by atoms with van der Waals surface area (Å²) < 4.78 is 10.4. The minimum Gasteiger partial charge on any atom is -0.497 e. The summed E-state index contributed by atoms with van der Waals surface area (Å²) in [5.74, 6) is -0.160. The third-order valence-corrected chi connectivity index (χ3v) is 4.35. The predicted molar refractivity (Wildman–Crippen MR) is 104 cm³/mol. The summed E-state index contributed by atoms with van der Waals surface area (Å²) in [7, 11) is 3.30. The summed E-state index contributed by atoms with van der Waals surface area (Å²) in [5.41, 5.74) is 4.98. The van der Waals surface area contributed by atoms with E-state index < -0.39 is 5.97 Å². The first-order chi connectivity index (χ1) is 13.1. The van der Waals surface area contributed by atoms with E-state index in [-0.39, 0.29) is 5.56 Å². The maximum atomic E-state index is 11.1. The lowest BCUT2D eigenvalue weighted by molar-refractivity contribution is 0.0697. The second-order valence-corrected chi connectivity index (χ2v) is 6.09. The average Bonchev–Trinajstić information content (AvgIpc) is 2.72. The smallest absolute Gasteiger partial charge is 0.335 e. The van der Waals surface area contributed by atoms with Gasteiger partial charge in [-0.1, -0.05) is 12.1 Å². The van der Waals surface area contributed by atoms with Crippen LogP contribution in [0.4, 0.5) is 0 Å². The zero-order valence-electron chi connectivity index (χ0n) is 15.3. The molecular weight excluding hydrogens is 342 g/mol. The molecule has 3 aromatic rings. The molecule has 0 saturated heterocycles. The standard InChI is InChI=1S/C22H21NO4/c1-26-12-11-15-13-20(16-3-5-18(6-4-16)22(24)25)21(23-14-15)17-7-9-19(27-2)10-8-17/h3-10,13-14H,11-12H2,1-2H3,(H,24,25). The van der Waals surface area contributed by atoms with E-state index in [0.29, 0.717) is 6.61 Å². The van der Waals surface area contributed by atoms with Crippen LogP contribution in [0.15, 0.2) is 60.8 Å². The molecule has 0 aliphatic carbocycles. The monoisotopic (exact) mass is 363 g/mol. The van der Waals surface area contributed by atoms with Gasteiger partial charge in [0.2, 0.25) is 0 Å². The van der Waals surface area contributed by atoms with Gasteiger partial charge in [0.25, 0.3) is 0 Å². The number of ether oxygens (including phenoxy) is 2. The summed E-state index contributed by atoms with van der Waals surface area (Å²) in [5, 5.41) is 9.13. The Hall–Kier alpha value is -3.18. The number of aromatic nitrogens is 1. The number of carboxylic acid groups (broad SMARTS) is 1. The van der Waals surface area contributed by atoms with Crippen molar-refractivity contribution in [1.29, 1.82) is 0 Å². The van der Waals surface area contributed by atoms with Crippen LogP contribution in [-0.4, -0.2) is 36.9 Å². The van der Waals surface area contributed by atoms with Crippen LogP contribution in [0.25, 0.3) is 22.4 Å². The molecule has 0 fully saturated rings. The Kier molecular flexibility index (Phi) is 5.84. The van der Waals surface area contributed by atoms with Crippen LogP contribution in [-0.2, 0) is 11.2 Å². The number of benzene rings is 2. The molecule has 27 heavy (non-hydrogen) atoms. The molecule has 0 atom stereocenters. The van der Waals surface area contributed by atoms with Gasteiger partial charge in [-0.25, -0.2) is 4.79 Å². The second-order valence-electron chi connectivity index (χ2n) is 6.09. The average molecular weight is 363 g/mol. The van der Waals surface area contributed by atoms with E-state index in [1.54, 1.807) is 26.4 Å². The summed E-state index contributed by atoms with van der Waals surface area (Å²) in [6.07, 6.45) is 2.61. The first-order valence-electron chi connectivity index (χ1n) is 8.58. The van der Waals surface area contributed by atoms with Crippen molar-refractivity contribution < 1.29 is 19.4 Å². The fourth-order valence-electron chi connectivity index (χ4n) is 2.86. The molecule has 1 N–H and O–H groups in total. The molecular formula is C22H21NO4. The minimum absolute atomic E-state index is 0.258. The highest BCUT2D eigenvalue weighted by molar-refractivity contribution is 5.89. The largest absolute Gasteiger partial charge is 0.497 e. The highest BCUT2D eigenvalue weighted by Gasteiger charge is 2.12. The summed E-state index contributed by atoms with van der Waals surface area (Å²) in [6.45, 7) is 0.612. The SMILES string of the molecule is COCCc1cnc(-c2ccc(OC)cc2)c(-c2ccc(C(=O)O)cc2)c1. The van der Waals surface area contributed by atoms with E-state index in [1.807, 2.05) is 42.6 Å². The topological polar surface area (TPSA) is 68.7 Å². The van der Waals surface area contributed by atoms with E-state index >= 15 is 0 Å². The van der Waals surface area contributed by atoms with Crippen molar-refractivity contribution in [3.8, 4) is 28.1 Å². The quantitative estimate of drug-likeness (QED) is 0.677. The van der Waals surface area contributed by atoms with Gasteiger partial charge in [-0.3, -0.25) is 4.98 Å². The van der Waals surface area contributed by atoms with Crippen molar-refractivity contribution in [1.82, 2.24) is 4.98 Å². The zero-order valence-corrected chi connectivity index (χ0v) is 15.3. The zero-order chi connectivity index (χ0) is 19.2. The maximum absolute atomic E-state index is 11.1. The number of carboxylic acids is 1. The number of nitrogens with zero attached hydrogens (tertiary/aromatic N) is 1. The number of methoxy groups -OCH3 is 2. The molecule has 0 radical (unpaired) electrons. The van der Waals surface area contributed by atoms with Gasteiger partial charge in [0, 0.05) is 24.4 Å². The van der Waals surface area contributed by atoms with Gasteiger partial charge in [-0.05, 0) is 60.0 Å². The summed E-state index contributed by atoms with van der Waals surface area (Å²) in [4.78, 5) is 15.8. The molecule has 3 rings (SSSR count). The molecule has 0 saturated carbocycles. The lowest BCUT2D eigenvalue weighted by Gasteiger charge is -2.12. The molecule has 2 aromatic carbocycles. The third kappa shape index (κ3) is 4.33. The van der Waals surface area contributed by atoms with Crippen LogP contribution in [0.5, 0.6) is 5.75 Å². The molecule has 1 heterocycles. The molecule has 0 unspecified atom stereocenters. The number of rotatable bonds is 7. The molecule has 5 heteroatoms. The van der Waals surface area contributed by atoms with E-state index in [9.17, 15) is 4.79 Å². The van der Waals surface area contributed by atoms with Crippen LogP contribution in [0, 0.1) is 0 Å². The lowest BCUT2D eigenvalue weighted by Crippen LogP contribution is -1.99. The Morgan fingerprint density at radius 2 is 1.67 bits per heavy atom. The van der Waals surface area contributed by atoms with Crippen molar-refractivity contribution in [3.63, 3.8) is 0 Å². The van der Waals surface area contributed by atoms with E-state index in [2.05, 4.69) is 11.1 Å². The van der Waals surface area contributed by atoms with Crippen LogP contribution >= 0.6 is 0 Å². The highest BCUT2D eigenvalue weighted by Crippen LogP contribution is 2.32. The first kappa shape index (κ1) is 18.6.